The minimum absolute atomic E-state index is 0.931. The lowest BCUT2D eigenvalue weighted by Gasteiger charge is -2.00. The van der Waals surface area contributed by atoms with Gasteiger partial charge in [-0.05, 0) is 37.9 Å². The number of aliphatic imine (C=N–C) groups is 2. The average Bonchev–Trinajstić information content (AvgIpc) is 2.33. The van der Waals surface area contributed by atoms with Crippen LogP contribution in [0.1, 0.15) is 12.8 Å². The minimum Gasteiger partial charge on any atom is -0.272 e. The Labute approximate surface area is 116 Å². The van der Waals surface area contributed by atoms with Gasteiger partial charge in [-0.3, -0.25) is 9.98 Å². The Balaban J connectivity index is 3.61. The molecule has 94 valence electrons. The largest absolute Gasteiger partial charge is 0.272 e. The van der Waals surface area contributed by atoms with E-state index in [0.717, 1.165) is 25.9 Å². The van der Waals surface area contributed by atoms with Crippen LogP contribution < -0.4 is 0 Å². The lowest BCUT2D eigenvalue weighted by Crippen LogP contribution is -1.91. The van der Waals surface area contributed by atoms with Crippen molar-refractivity contribution in [2.45, 2.75) is 12.8 Å². The molecule has 0 radical (unpaired) electrons. The first-order valence-corrected chi connectivity index (χ1v) is 9.93. The molecule has 0 fully saturated rings. The Morgan fingerprint density at radius 1 is 0.688 bits per heavy atom. The van der Waals surface area contributed by atoms with Crippen LogP contribution in [0.4, 0.5) is 0 Å². The summed E-state index contributed by atoms with van der Waals surface area (Å²) in [5.74, 6) is 0. The summed E-state index contributed by atoms with van der Waals surface area (Å²) in [6.45, 7) is 1.86. The first kappa shape index (κ1) is 16.7. The summed E-state index contributed by atoms with van der Waals surface area (Å²) >= 11 is 6.90. The maximum Gasteiger partial charge on any atom is 0.124 e. The van der Waals surface area contributed by atoms with Gasteiger partial charge in [0.15, 0.2) is 0 Å². The molecule has 0 saturated heterocycles. The van der Waals surface area contributed by atoms with Crippen LogP contribution >= 0.6 is 47.0 Å². The van der Waals surface area contributed by atoms with E-state index in [1.165, 1.54) is 8.75 Å². The Kier molecular flexibility index (Phi) is 12.8. The third-order valence-corrected chi connectivity index (χ3v) is 5.66. The molecule has 0 spiro atoms. The molecule has 0 unspecified atom stereocenters. The molecule has 0 aromatic heterocycles. The molecule has 0 aliphatic rings. The second-order valence-electron chi connectivity index (χ2n) is 2.82. The number of nitrogens with zero attached hydrogens (tertiary/aromatic N) is 2. The van der Waals surface area contributed by atoms with E-state index in [9.17, 15) is 0 Å². The van der Waals surface area contributed by atoms with Crippen LogP contribution in [0, 0.1) is 0 Å². The molecule has 0 N–H and O–H groups in total. The van der Waals surface area contributed by atoms with Crippen molar-refractivity contribution in [3.63, 3.8) is 0 Å². The Morgan fingerprint density at radius 3 is 1.25 bits per heavy atom. The van der Waals surface area contributed by atoms with Gasteiger partial charge < -0.3 is 0 Å². The maximum atomic E-state index is 4.50. The SMILES string of the molecule is CSC(=NCCCCN=C(SC)SC)SC. The van der Waals surface area contributed by atoms with Crippen molar-refractivity contribution in [1.29, 1.82) is 0 Å². The van der Waals surface area contributed by atoms with Crippen LogP contribution in [0.3, 0.4) is 0 Å². The van der Waals surface area contributed by atoms with E-state index in [-0.39, 0.29) is 0 Å². The van der Waals surface area contributed by atoms with Crippen LogP contribution in [0.2, 0.25) is 0 Å². The van der Waals surface area contributed by atoms with Crippen molar-refractivity contribution >= 4 is 55.8 Å². The predicted molar refractivity (Wildman–Crippen MR) is 87.9 cm³/mol. The van der Waals surface area contributed by atoms with Gasteiger partial charge in [0.05, 0.1) is 0 Å². The molecule has 0 aromatic rings. The molecular formula is C10H20N2S4. The van der Waals surface area contributed by atoms with Crippen LogP contribution in [-0.2, 0) is 0 Å². The number of hydrogen-bond acceptors (Lipinski definition) is 6. The van der Waals surface area contributed by atoms with Crippen LogP contribution in [0.25, 0.3) is 0 Å². The van der Waals surface area contributed by atoms with Gasteiger partial charge in [0.2, 0.25) is 0 Å². The fraction of sp³-hybridized carbons (Fsp3) is 0.800. The number of unbranched alkanes of at least 4 members (excludes halogenated alkanes) is 1. The van der Waals surface area contributed by atoms with Gasteiger partial charge in [0.1, 0.15) is 8.75 Å². The molecule has 6 heteroatoms. The molecule has 0 aromatic carbocycles. The number of thioether (sulfide) groups is 4. The highest BCUT2D eigenvalue weighted by Gasteiger charge is 1.94. The van der Waals surface area contributed by atoms with E-state index in [1.54, 1.807) is 47.0 Å². The van der Waals surface area contributed by atoms with Crippen molar-refractivity contribution < 1.29 is 0 Å². The summed E-state index contributed by atoms with van der Waals surface area (Å²) in [7, 11) is 0. The van der Waals surface area contributed by atoms with E-state index < -0.39 is 0 Å². The second kappa shape index (κ2) is 12.2. The first-order valence-electron chi connectivity index (χ1n) is 5.03. The average molecular weight is 297 g/mol. The molecular weight excluding hydrogens is 276 g/mol. The van der Waals surface area contributed by atoms with Gasteiger partial charge in [-0.2, -0.15) is 0 Å². The Morgan fingerprint density at radius 2 is 1.00 bits per heavy atom. The zero-order valence-corrected chi connectivity index (χ0v) is 13.6. The highest BCUT2D eigenvalue weighted by molar-refractivity contribution is 8.38. The standard InChI is InChI=1S/C10H20N2S4/c1-13-9(14-2)11-7-5-6-8-12-10(15-3)16-4/h5-8H2,1-4H3. The molecule has 16 heavy (non-hydrogen) atoms. The van der Waals surface area contributed by atoms with Crippen LogP contribution in [0.15, 0.2) is 9.98 Å². The van der Waals surface area contributed by atoms with Gasteiger partial charge >= 0.3 is 0 Å². The van der Waals surface area contributed by atoms with E-state index >= 15 is 0 Å². The van der Waals surface area contributed by atoms with Gasteiger partial charge in [0.25, 0.3) is 0 Å². The molecule has 2 nitrogen and oxygen atoms in total. The van der Waals surface area contributed by atoms with Crippen molar-refractivity contribution in [1.82, 2.24) is 0 Å². The Hall–Kier alpha value is 0.740. The lowest BCUT2D eigenvalue weighted by molar-refractivity contribution is 0.760. The summed E-state index contributed by atoms with van der Waals surface area (Å²) < 4.78 is 2.36. The van der Waals surface area contributed by atoms with E-state index in [4.69, 9.17) is 0 Å². The summed E-state index contributed by atoms with van der Waals surface area (Å²) in [6.07, 6.45) is 10.5. The van der Waals surface area contributed by atoms with E-state index in [2.05, 4.69) is 35.0 Å². The lowest BCUT2D eigenvalue weighted by atomic mass is 10.3. The fourth-order valence-corrected chi connectivity index (χ4v) is 3.20. The molecule has 0 heterocycles. The number of rotatable bonds is 5. The molecule has 0 rings (SSSR count). The highest BCUT2D eigenvalue weighted by Crippen LogP contribution is 2.12. The van der Waals surface area contributed by atoms with Crippen LogP contribution in [0.5, 0.6) is 0 Å². The first-order chi connectivity index (χ1) is 7.78. The summed E-state index contributed by atoms with van der Waals surface area (Å²) in [5.41, 5.74) is 0. The van der Waals surface area contributed by atoms with E-state index in [1.807, 2.05) is 0 Å². The van der Waals surface area contributed by atoms with Crippen molar-refractivity contribution in [3.8, 4) is 0 Å². The number of hydrogen-bond donors (Lipinski definition) is 0. The second-order valence-corrected chi connectivity index (χ2v) is 6.52. The van der Waals surface area contributed by atoms with Crippen molar-refractivity contribution in [2.75, 3.05) is 38.1 Å². The van der Waals surface area contributed by atoms with Crippen molar-refractivity contribution in [3.05, 3.63) is 0 Å². The molecule has 0 aliphatic carbocycles. The van der Waals surface area contributed by atoms with Crippen LogP contribution in [-0.4, -0.2) is 46.9 Å². The zero-order valence-electron chi connectivity index (χ0n) is 10.4. The summed E-state index contributed by atoms with van der Waals surface area (Å²) in [6, 6.07) is 0. The van der Waals surface area contributed by atoms with Gasteiger partial charge in [-0.15, -0.1) is 47.0 Å². The van der Waals surface area contributed by atoms with E-state index in [0.29, 0.717) is 0 Å². The third kappa shape index (κ3) is 8.84. The third-order valence-electron chi connectivity index (χ3n) is 1.75. The topological polar surface area (TPSA) is 24.7 Å². The molecule has 0 aliphatic heterocycles. The van der Waals surface area contributed by atoms with Crippen molar-refractivity contribution in [2.24, 2.45) is 9.98 Å². The molecule has 0 atom stereocenters. The van der Waals surface area contributed by atoms with Gasteiger partial charge in [0, 0.05) is 13.1 Å². The highest BCUT2D eigenvalue weighted by atomic mass is 32.2. The zero-order chi connectivity index (χ0) is 12.2. The fourth-order valence-electron chi connectivity index (χ4n) is 0.989. The summed E-state index contributed by atoms with van der Waals surface area (Å²) in [4.78, 5) is 9.00. The smallest absolute Gasteiger partial charge is 0.124 e. The molecule has 0 bridgehead atoms. The normalized spacial score (nSPS) is 10.0. The molecule has 0 saturated carbocycles. The van der Waals surface area contributed by atoms with Gasteiger partial charge in [-0.1, -0.05) is 0 Å². The quantitative estimate of drug-likeness (QED) is 0.436. The Bertz CT molecular complexity index is 193. The maximum absolute atomic E-state index is 4.50. The monoisotopic (exact) mass is 296 g/mol. The molecule has 0 amide bonds. The van der Waals surface area contributed by atoms with Gasteiger partial charge in [-0.25, -0.2) is 0 Å². The minimum atomic E-state index is 0.931. The predicted octanol–water partition coefficient (Wildman–Crippen LogP) is 3.93. The summed E-state index contributed by atoms with van der Waals surface area (Å²) in [5, 5.41) is 0.